The SMILES string of the molecule is CC1CCC(CC2(N)CC3CCC2C3)O1. The monoisotopic (exact) mass is 209 g/mol. The highest BCUT2D eigenvalue weighted by Gasteiger charge is 2.49. The fourth-order valence-electron chi connectivity index (χ4n) is 4.20. The number of fused-ring (bicyclic) bond motifs is 2. The Bertz CT molecular complexity index is 255. The highest BCUT2D eigenvalue weighted by atomic mass is 16.5. The second-order valence-electron chi connectivity index (χ2n) is 6.16. The number of ether oxygens (including phenoxy) is 1. The minimum Gasteiger partial charge on any atom is -0.375 e. The van der Waals surface area contributed by atoms with Gasteiger partial charge in [-0.05, 0) is 57.3 Å². The molecular formula is C13H23NO. The number of nitrogens with two attached hydrogens (primary N) is 1. The molecule has 5 atom stereocenters. The third kappa shape index (κ3) is 1.72. The Kier molecular flexibility index (Phi) is 2.33. The molecule has 2 saturated carbocycles. The molecule has 15 heavy (non-hydrogen) atoms. The van der Waals surface area contributed by atoms with Gasteiger partial charge in [0.2, 0.25) is 0 Å². The highest BCUT2D eigenvalue weighted by Crippen LogP contribution is 2.51. The molecule has 2 N–H and O–H groups in total. The summed E-state index contributed by atoms with van der Waals surface area (Å²) in [5.74, 6) is 1.75. The van der Waals surface area contributed by atoms with Gasteiger partial charge in [0.25, 0.3) is 0 Å². The van der Waals surface area contributed by atoms with Crippen LogP contribution in [0.3, 0.4) is 0 Å². The Morgan fingerprint density at radius 1 is 1.27 bits per heavy atom. The molecule has 0 aromatic carbocycles. The summed E-state index contributed by atoms with van der Waals surface area (Å²) in [5, 5.41) is 0. The van der Waals surface area contributed by atoms with Crippen LogP contribution in [0, 0.1) is 11.8 Å². The summed E-state index contributed by atoms with van der Waals surface area (Å²) < 4.78 is 5.92. The molecule has 0 amide bonds. The smallest absolute Gasteiger partial charge is 0.0597 e. The van der Waals surface area contributed by atoms with Gasteiger partial charge in [-0.2, -0.15) is 0 Å². The predicted octanol–water partition coefficient (Wildman–Crippen LogP) is 2.46. The van der Waals surface area contributed by atoms with E-state index in [9.17, 15) is 0 Å². The van der Waals surface area contributed by atoms with Gasteiger partial charge in [0.15, 0.2) is 0 Å². The van der Waals surface area contributed by atoms with Crippen LogP contribution in [0.1, 0.15) is 51.9 Å². The molecule has 1 saturated heterocycles. The van der Waals surface area contributed by atoms with Gasteiger partial charge >= 0.3 is 0 Å². The molecule has 2 nitrogen and oxygen atoms in total. The van der Waals surface area contributed by atoms with Gasteiger partial charge in [-0.15, -0.1) is 0 Å². The van der Waals surface area contributed by atoms with Crippen molar-refractivity contribution in [2.24, 2.45) is 17.6 Å². The lowest BCUT2D eigenvalue weighted by molar-refractivity contribution is 0.0285. The van der Waals surface area contributed by atoms with Crippen LogP contribution in [-0.2, 0) is 4.74 Å². The Hall–Kier alpha value is -0.0800. The Morgan fingerprint density at radius 3 is 2.67 bits per heavy atom. The van der Waals surface area contributed by atoms with E-state index in [1.807, 2.05) is 0 Å². The van der Waals surface area contributed by atoms with Crippen molar-refractivity contribution in [1.29, 1.82) is 0 Å². The lowest BCUT2D eigenvalue weighted by Crippen LogP contribution is -2.47. The molecule has 1 aliphatic heterocycles. The van der Waals surface area contributed by atoms with E-state index in [0.29, 0.717) is 12.2 Å². The molecule has 2 aliphatic carbocycles. The van der Waals surface area contributed by atoms with Gasteiger partial charge in [0.1, 0.15) is 0 Å². The number of hydrogen-bond donors (Lipinski definition) is 1. The first-order valence-corrected chi connectivity index (χ1v) is 6.60. The zero-order chi connectivity index (χ0) is 10.5. The first-order chi connectivity index (χ1) is 7.16. The van der Waals surface area contributed by atoms with Crippen LogP contribution in [-0.4, -0.2) is 17.7 Å². The summed E-state index contributed by atoms with van der Waals surface area (Å²) in [4.78, 5) is 0. The van der Waals surface area contributed by atoms with Crippen LogP contribution in [0.4, 0.5) is 0 Å². The van der Waals surface area contributed by atoms with Gasteiger partial charge in [-0.1, -0.05) is 6.42 Å². The van der Waals surface area contributed by atoms with Crippen molar-refractivity contribution in [2.45, 2.75) is 69.6 Å². The fourth-order valence-corrected chi connectivity index (χ4v) is 4.20. The summed E-state index contributed by atoms with van der Waals surface area (Å²) in [7, 11) is 0. The molecular weight excluding hydrogens is 186 g/mol. The number of rotatable bonds is 2. The van der Waals surface area contributed by atoms with Gasteiger partial charge < -0.3 is 10.5 Å². The van der Waals surface area contributed by atoms with Crippen molar-refractivity contribution in [3.63, 3.8) is 0 Å². The molecule has 3 rings (SSSR count). The van der Waals surface area contributed by atoms with E-state index in [4.69, 9.17) is 10.5 Å². The largest absolute Gasteiger partial charge is 0.375 e. The van der Waals surface area contributed by atoms with Crippen LogP contribution in [0.15, 0.2) is 0 Å². The van der Waals surface area contributed by atoms with Crippen molar-refractivity contribution in [3.8, 4) is 0 Å². The topological polar surface area (TPSA) is 35.2 Å². The fraction of sp³-hybridized carbons (Fsp3) is 1.00. The molecule has 0 aromatic rings. The lowest BCUT2D eigenvalue weighted by Gasteiger charge is -2.35. The molecule has 0 aromatic heterocycles. The molecule has 1 heterocycles. The summed E-state index contributed by atoms with van der Waals surface area (Å²) >= 11 is 0. The van der Waals surface area contributed by atoms with Crippen molar-refractivity contribution in [3.05, 3.63) is 0 Å². The van der Waals surface area contributed by atoms with Crippen LogP contribution < -0.4 is 5.73 Å². The maximum atomic E-state index is 6.59. The van der Waals surface area contributed by atoms with Crippen LogP contribution >= 0.6 is 0 Å². The maximum absolute atomic E-state index is 6.59. The quantitative estimate of drug-likeness (QED) is 0.758. The van der Waals surface area contributed by atoms with E-state index in [-0.39, 0.29) is 5.54 Å². The van der Waals surface area contributed by atoms with E-state index >= 15 is 0 Å². The highest BCUT2D eigenvalue weighted by molar-refractivity contribution is 5.05. The zero-order valence-electron chi connectivity index (χ0n) is 9.74. The van der Waals surface area contributed by atoms with Crippen molar-refractivity contribution in [2.75, 3.05) is 0 Å². The molecule has 0 spiro atoms. The van der Waals surface area contributed by atoms with E-state index in [0.717, 1.165) is 18.3 Å². The minimum absolute atomic E-state index is 0.137. The molecule has 5 unspecified atom stereocenters. The molecule has 2 bridgehead atoms. The minimum atomic E-state index is 0.137. The van der Waals surface area contributed by atoms with Crippen molar-refractivity contribution < 1.29 is 4.74 Å². The predicted molar refractivity (Wildman–Crippen MR) is 60.6 cm³/mol. The van der Waals surface area contributed by atoms with E-state index in [1.54, 1.807) is 0 Å². The van der Waals surface area contributed by atoms with Crippen molar-refractivity contribution >= 4 is 0 Å². The molecule has 3 fully saturated rings. The molecule has 0 radical (unpaired) electrons. The van der Waals surface area contributed by atoms with E-state index < -0.39 is 0 Å². The zero-order valence-corrected chi connectivity index (χ0v) is 9.74. The van der Waals surface area contributed by atoms with Gasteiger partial charge in [0, 0.05) is 5.54 Å². The Morgan fingerprint density at radius 2 is 2.13 bits per heavy atom. The lowest BCUT2D eigenvalue weighted by atomic mass is 9.77. The van der Waals surface area contributed by atoms with Crippen LogP contribution in [0.25, 0.3) is 0 Å². The first-order valence-electron chi connectivity index (χ1n) is 6.60. The second kappa shape index (κ2) is 3.46. The van der Waals surface area contributed by atoms with E-state index in [2.05, 4.69) is 6.92 Å². The maximum Gasteiger partial charge on any atom is 0.0597 e. The van der Waals surface area contributed by atoms with E-state index in [1.165, 1.54) is 38.5 Å². The Balaban J connectivity index is 1.63. The van der Waals surface area contributed by atoms with Crippen LogP contribution in [0.2, 0.25) is 0 Å². The second-order valence-corrected chi connectivity index (χ2v) is 6.16. The van der Waals surface area contributed by atoms with Gasteiger partial charge in [0.05, 0.1) is 12.2 Å². The summed E-state index contributed by atoms with van der Waals surface area (Å²) in [6.45, 7) is 2.18. The third-order valence-corrected chi connectivity index (χ3v) is 4.95. The van der Waals surface area contributed by atoms with Crippen LogP contribution in [0.5, 0.6) is 0 Å². The number of hydrogen-bond acceptors (Lipinski definition) is 2. The average Bonchev–Trinajstić information content (AvgIpc) is 2.81. The average molecular weight is 209 g/mol. The summed E-state index contributed by atoms with van der Waals surface area (Å²) in [5.41, 5.74) is 6.73. The molecule has 86 valence electrons. The third-order valence-electron chi connectivity index (χ3n) is 4.95. The van der Waals surface area contributed by atoms with Gasteiger partial charge in [-0.3, -0.25) is 0 Å². The summed E-state index contributed by atoms with van der Waals surface area (Å²) in [6.07, 6.45) is 10.0. The Labute approximate surface area is 92.6 Å². The van der Waals surface area contributed by atoms with Crippen molar-refractivity contribution in [1.82, 2.24) is 0 Å². The van der Waals surface area contributed by atoms with Gasteiger partial charge in [-0.25, -0.2) is 0 Å². The summed E-state index contributed by atoms with van der Waals surface area (Å²) in [6, 6.07) is 0. The standard InChI is InChI=1S/C13H23NO/c1-9-2-5-12(15-9)8-13(14)7-10-3-4-11(13)6-10/h9-12H,2-8,14H2,1H3. The molecule has 3 aliphatic rings. The normalized spacial score (nSPS) is 54.0. The first kappa shape index (κ1) is 10.1. The molecule has 2 heteroatoms.